The summed E-state index contributed by atoms with van der Waals surface area (Å²) in [5.41, 5.74) is 3.53. The highest BCUT2D eigenvalue weighted by atomic mass is 14.8. The van der Waals surface area contributed by atoms with Crippen molar-refractivity contribution in [2.75, 3.05) is 0 Å². The Morgan fingerprint density at radius 1 is 1.06 bits per heavy atom. The van der Waals surface area contributed by atoms with Crippen LogP contribution in [0.4, 0.5) is 0 Å². The lowest BCUT2D eigenvalue weighted by atomic mass is 9.86. The fourth-order valence-corrected chi connectivity index (χ4v) is 1.56. The molecule has 0 fully saturated rings. The van der Waals surface area contributed by atoms with Crippen LogP contribution in [0.1, 0.15) is 26.3 Å². The average Bonchev–Trinajstić information content (AvgIpc) is 2.29. The highest BCUT2D eigenvalue weighted by molar-refractivity contribution is 5.58. The van der Waals surface area contributed by atoms with Crippen LogP contribution in [0.25, 0.3) is 11.3 Å². The molecule has 0 aliphatic rings. The van der Waals surface area contributed by atoms with Crippen molar-refractivity contribution in [1.29, 1.82) is 0 Å². The number of hydrogen-bond acceptors (Lipinski definition) is 2. The van der Waals surface area contributed by atoms with E-state index in [4.69, 9.17) is 0 Å². The van der Waals surface area contributed by atoms with Gasteiger partial charge in [0, 0.05) is 5.56 Å². The minimum atomic E-state index is 0.191. The van der Waals surface area contributed by atoms with Crippen LogP contribution in [0.5, 0.6) is 0 Å². The van der Waals surface area contributed by atoms with Gasteiger partial charge in [-0.25, -0.2) is 9.97 Å². The van der Waals surface area contributed by atoms with E-state index in [1.807, 2.05) is 0 Å². The smallest absolute Gasteiger partial charge is 0.116 e. The molecule has 0 aliphatic carbocycles. The monoisotopic (exact) mass is 211 g/mol. The topological polar surface area (TPSA) is 25.8 Å². The number of nitrogens with zero attached hydrogens (tertiary/aromatic N) is 2. The Hall–Kier alpha value is -1.70. The maximum Gasteiger partial charge on any atom is 0.116 e. The van der Waals surface area contributed by atoms with Gasteiger partial charge in [-0.2, -0.15) is 0 Å². The van der Waals surface area contributed by atoms with Crippen molar-refractivity contribution < 1.29 is 0 Å². The summed E-state index contributed by atoms with van der Waals surface area (Å²) in [5, 5.41) is 0. The van der Waals surface area contributed by atoms with Crippen molar-refractivity contribution in [3.8, 4) is 11.3 Å². The normalized spacial score (nSPS) is 11.4. The van der Waals surface area contributed by atoms with Gasteiger partial charge in [-0.1, -0.05) is 45.0 Å². The Balaban J connectivity index is 2.34. The molecule has 81 valence electrons. The van der Waals surface area contributed by atoms with Crippen LogP contribution in [0.3, 0.4) is 0 Å². The number of hydrogen-bond donors (Lipinski definition) is 0. The first-order valence-electron chi connectivity index (χ1n) is 5.36. The fraction of sp³-hybridized carbons (Fsp3) is 0.286. The lowest BCUT2D eigenvalue weighted by Gasteiger charge is -2.19. The van der Waals surface area contributed by atoms with Crippen molar-refractivity contribution in [3.63, 3.8) is 0 Å². The summed E-state index contributed by atoms with van der Waals surface area (Å²) in [7, 11) is 0. The molecule has 0 N–H and O–H groups in total. The molecule has 0 saturated heterocycles. The van der Waals surface area contributed by atoms with Crippen molar-refractivity contribution in [2.45, 2.75) is 26.2 Å². The van der Waals surface area contributed by atoms with E-state index in [-0.39, 0.29) is 5.41 Å². The van der Waals surface area contributed by atoms with Gasteiger partial charge >= 0.3 is 0 Å². The maximum absolute atomic E-state index is 4.20. The van der Waals surface area contributed by atoms with Crippen molar-refractivity contribution in [3.05, 3.63) is 48.4 Å². The van der Waals surface area contributed by atoms with Gasteiger partial charge in [0.2, 0.25) is 0 Å². The largest absolute Gasteiger partial charge is 0.236 e. The molecular weight excluding hydrogens is 196 g/mol. The van der Waals surface area contributed by atoms with Crippen molar-refractivity contribution in [1.82, 2.24) is 9.97 Å². The summed E-state index contributed by atoms with van der Waals surface area (Å²) >= 11 is 0. The molecule has 0 bridgehead atoms. The Morgan fingerprint density at radius 2 is 1.75 bits per heavy atom. The summed E-state index contributed by atoms with van der Waals surface area (Å²) in [6.07, 6.45) is 4.31. The van der Waals surface area contributed by atoms with E-state index in [2.05, 4.69) is 61.2 Å². The molecule has 0 amide bonds. The van der Waals surface area contributed by atoms with Crippen LogP contribution >= 0.6 is 0 Å². The Morgan fingerprint density at radius 3 is 2.25 bits per heavy atom. The van der Waals surface area contributed by atoms with Gasteiger partial charge in [0.1, 0.15) is 6.33 Å². The zero-order chi connectivity index (χ0) is 11.6. The molecule has 0 spiro atoms. The average molecular weight is 211 g/mol. The van der Waals surface area contributed by atoms with E-state index in [9.17, 15) is 0 Å². The molecule has 2 rings (SSSR count). The third kappa shape index (κ3) is 2.27. The molecule has 2 heteroatoms. The molecule has 1 aromatic carbocycles. The molecule has 0 atom stereocenters. The van der Waals surface area contributed by atoms with Crippen LogP contribution < -0.4 is 0 Å². The molecule has 0 saturated carbocycles. The lowest BCUT2D eigenvalue weighted by Crippen LogP contribution is -2.10. The lowest BCUT2D eigenvalue weighted by molar-refractivity contribution is 0.590. The van der Waals surface area contributed by atoms with Crippen LogP contribution in [-0.4, -0.2) is 9.97 Å². The minimum absolute atomic E-state index is 0.191. The zero-order valence-corrected chi connectivity index (χ0v) is 9.86. The Bertz CT molecular complexity index is 452. The molecule has 0 unspecified atom stereocenters. The quantitative estimate of drug-likeness (QED) is 0.723. The first-order chi connectivity index (χ1) is 7.57. The fourth-order valence-electron chi connectivity index (χ4n) is 1.56. The van der Waals surface area contributed by atoms with E-state index in [1.54, 1.807) is 6.07 Å². The highest BCUT2D eigenvalue weighted by Crippen LogP contribution is 2.24. The van der Waals surface area contributed by atoms with E-state index < -0.39 is 0 Å². The summed E-state index contributed by atoms with van der Waals surface area (Å²) in [4.78, 5) is 7.99. The minimum Gasteiger partial charge on any atom is -0.236 e. The van der Waals surface area contributed by atoms with E-state index in [1.165, 1.54) is 11.9 Å². The number of benzene rings is 1. The van der Waals surface area contributed by atoms with Crippen molar-refractivity contribution in [2.24, 2.45) is 0 Å². The van der Waals surface area contributed by atoms with Crippen molar-refractivity contribution >= 4 is 0 Å². The molecule has 16 heavy (non-hydrogen) atoms. The van der Waals surface area contributed by atoms with Gasteiger partial charge in [0.25, 0.3) is 0 Å². The predicted octanol–water partition coefficient (Wildman–Crippen LogP) is 3.24. The molecule has 0 aliphatic heterocycles. The number of aromatic nitrogens is 2. The highest BCUT2D eigenvalue weighted by Gasteiger charge is 2.12. The molecule has 1 heterocycles. The second kappa shape index (κ2) is 4.05. The molecule has 1 radical (unpaired) electrons. The maximum atomic E-state index is 4.20. The van der Waals surface area contributed by atoms with Gasteiger partial charge < -0.3 is 0 Å². The second-order valence-corrected chi connectivity index (χ2v) is 4.86. The first kappa shape index (κ1) is 10.8. The summed E-state index contributed by atoms with van der Waals surface area (Å²) in [5.74, 6) is 0. The van der Waals surface area contributed by atoms with E-state index in [0.29, 0.717) is 0 Å². The second-order valence-electron chi connectivity index (χ2n) is 4.86. The summed E-state index contributed by atoms with van der Waals surface area (Å²) in [6, 6.07) is 10.3. The Labute approximate surface area is 96.4 Å². The molecule has 2 aromatic rings. The van der Waals surface area contributed by atoms with Crippen LogP contribution in [0.15, 0.2) is 36.7 Å². The van der Waals surface area contributed by atoms with E-state index >= 15 is 0 Å². The van der Waals surface area contributed by atoms with Gasteiger partial charge in [-0.3, -0.25) is 0 Å². The SMILES string of the molecule is CC(C)(C)c1ccc(-c2c[c]ncn2)cc1. The first-order valence-corrected chi connectivity index (χ1v) is 5.36. The molecular formula is C14H15N2. The van der Waals surface area contributed by atoms with Gasteiger partial charge in [0.15, 0.2) is 0 Å². The molecule has 1 aromatic heterocycles. The van der Waals surface area contributed by atoms with Gasteiger partial charge in [-0.15, -0.1) is 0 Å². The van der Waals surface area contributed by atoms with Crippen LogP contribution in [0.2, 0.25) is 0 Å². The van der Waals surface area contributed by atoms with E-state index in [0.717, 1.165) is 11.3 Å². The summed E-state index contributed by atoms with van der Waals surface area (Å²) in [6.45, 7) is 6.63. The zero-order valence-electron chi connectivity index (χ0n) is 9.86. The number of rotatable bonds is 1. The third-order valence-corrected chi connectivity index (χ3v) is 2.58. The van der Waals surface area contributed by atoms with Crippen LogP contribution in [0, 0.1) is 6.20 Å². The van der Waals surface area contributed by atoms with Gasteiger partial charge in [-0.05, 0) is 17.0 Å². The standard InChI is InChI=1S/C14H15N2/c1-14(2,3)12-6-4-11(5-7-12)13-8-9-15-10-16-13/h4-8,10H,1-3H3. The molecule has 2 nitrogen and oxygen atoms in total. The third-order valence-electron chi connectivity index (χ3n) is 2.58. The van der Waals surface area contributed by atoms with Crippen LogP contribution in [-0.2, 0) is 5.41 Å². The van der Waals surface area contributed by atoms with Gasteiger partial charge in [0.05, 0.1) is 11.9 Å². The Kier molecular flexibility index (Phi) is 2.73. The predicted molar refractivity (Wildman–Crippen MR) is 65.0 cm³/mol. The summed E-state index contributed by atoms with van der Waals surface area (Å²) < 4.78 is 0.